The van der Waals surface area contributed by atoms with Gasteiger partial charge in [0.2, 0.25) is 5.91 Å². The first-order valence-corrected chi connectivity index (χ1v) is 8.57. The lowest BCUT2D eigenvalue weighted by atomic mass is 10.2. The predicted molar refractivity (Wildman–Crippen MR) is 92.2 cm³/mol. The Morgan fingerprint density at radius 3 is 2.29 bits per heavy atom. The average Bonchev–Trinajstić information content (AvgIpc) is 3.15. The summed E-state index contributed by atoms with van der Waals surface area (Å²) in [5.74, 6) is -0.369. The molecule has 1 aliphatic rings. The van der Waals surface area contributed by atoms with Crippen LogP contribution in [0.1, 0.15) is 15.2 Å². The van der Waals surface area contributed by atoms with Gasteiger partial charge in [0, 0.05) is 32.3 Å². The van der Waals surface area contributed by atoms with Crippen molar-refractivity contribution in [2.45, 2.75) is 0 Å². The van der Waals surface area contributed by atoms with Crippen LogP contribution in [0.15, 0.2) is 47.9 Å². The van der Waals surface area contributed by atoms with Crippen LogP contribution in [0.3, 0.4) is 0 Å². The summed E-state index contributed by atoms with van der Waals surface area (Å²) in [4.78, 5) is 28.7. The topological polar surface area (TPSA) is 40.6 Å². The third kappa shape index (κ3) is 3.89. The van der Waals surface area contributed by atoms with Gasteiger partial charge in [-0.3, -0.25) is 9.59 Å². The molecular weight excluding hydrogens is 327 g/mol. The van der Waals surface area contributed by atoms with E-state index in [0.717, 1.165) is 10.4 Å². The Hall–Kier alpha value is -2.47. The van der Waals surface area contributed by atoms with E-state index in [4.69, 9.17) is 0 Å². The van der Waals surface area contributed by atoms with Crippen molar-refractivity contribution in [3.05, 3.63) is 64.1 Å². The highest BCUT2D eigenvalue weighted by Crippen LogP contribution is 2.14. The number of thiophene rings is 1. The number of nitrogens with zero attached hydrogens (tertiary/aromatic N) is 2. The molecule has 0 spiro atoms. The van der Waals surface area contributed by atoms with E-state index in [1.165, 1.54) is 29.5 Å². The van der Waals surface area contributed by atoms with Gasteiger partial charge in [-0.1, -0.05) is 18.2 Å². The van der Waals surface area contributed by atoms with Crippen LogP contribution in [0.2, 0.25) is 0 Å². The summed E-state index contributed by atoms with van der Waals surface area (Å²) in [5, 5.41) is 1.88. The molecule has 124 valence electrons. The van der Waals surface area contributed by atoms with Crippen LogP contribution in [0.25, 0.3) is 6.08 Å². The van der Waals surface area contributed by atoms with Gasteiger partial charge in [-0.25, -0.2) is 4.39 Å². The second-order valence-corrected chi connectivity index (χ2v) is 6.43. The van der Waals surface area contributed by atoms with Gasteiger partial charge >= 0.3 is 0 Å². The molecule has 1 aliphatic heterocycles. The van der Waals surface area contributed by atoms with Crippen LogP contribution in [-0.4, -0.2) is 47.8 Å². The molecule has 6 heteroatoms. The van der Waals surface area contributed by atoms with Gasteiger partial charge in [0.25, 0.3) is 5.91 Å². The number of amides is 2. The molecule has 0 radical (unpaired) electrons. The number of hydrogen-bond acceptors (Lipinski definition) is 3. The van der Waals surface area contributed by atoms with E-state index < -0.39 is 0 Å². The quantitative estimate of drug-likeness (QED) is 0.804. The van der Waals surface area contributed by atoms with Gasteiger partial charge in [0.15, 0.2) is 0 Å². The number of carbonyl (C=O) groups is 2. The van der Waals surface area contributed by atoms with Crippen LogP contribution in [0, 0.1) is 5.82 Å². The van der Waals surface area contributed by atoms with E-state index in [2.05, 4.69) is 0 Å². The normalized spacial score (nSPS) is 15.0. The van der Waals surface area contributed by atoms with Gasteiger partial charge < -0.3 is 9.80 Å². The highest BCUT2D eigenvalue weighted by molar-refractivity contribution is 7.12. The summed E-state index contributed by atoms with van der Waals surface area (Å²) in [6, 6.07) is 9.64. The summed E-state index contributed by atoms with van der Waals surface area (Å²) in [6.45, 7) is 2.10. The van der Waals surface area contributed by atoms with Crippen molar-refractivity contribution in [3.8, 4) is 0 Å². The summed E-state index contributed by atoms with van der Waals surface area (Å²) >= 11 is 1.43. The number of piperazine rings is 1. The standard InChI is InChI=1S/C18H17FN2O2S/c19-15-6-3-14(4-7-15)5-8-17(22)20-9-11-21(12-10-20)18(23)16-2-1-13-24-16/h1-8,13H,9-12H2/b8-5+. The number of carbonyl (C=O) groups excluding carboxylic acids is 2. The first-order valence-electron chi connectivity index (χ1n) is 7.69. The van der Waals surface area contributed by atoms with Gasteiger partial charge in [-0.2, -0.15) is 0 Å². The van der Waals surface area contributed by atoms with Crippen molar-refractivity contribution >= 4 is 29.2 Å². The second kappa shape index (κ2) is 7.40. The van der Waals surface area contributed by atoms with Gasteiger partial charge in [0.05, 0.1) is 4.88 Å². The van der Waals surface area contributed by atoms with E-state index in [1.807, 2.05) is 17.5 Å². The monoisotopic (exact) mass is 344 g/mol. The first-order chi connectivity index (χ1) is 11.6. The molecule has 0 bridgehead atoms. The molecule has 2 amide bonds. The Morgan fingerprint density at radius 2 is 1.67 bits per heavy atom. The van der Waals surface area contributed by atoms with Crippen molar-refractivity contribution in [1.82, 2.24) is 9.80 Å². The zero-order chi connectivity index (χ0) is 16.9. The smallest absolute Gasteiger partial charge is 0.264 e. The molecule has 4 nitrogen and oxygen atoms in total. The SMILES string of the molecule is O=C(/C=C/c1ccc(F)cc1)N1CCN(C(=O)c2cccs2)CC1. The lowest BCUT2D eigenvalue weighted by Crippen LogP contribution is -2.50. The third-order valence-electron chi connectivity index (χ3n) is 3.90. The van der Waals surface area contributed by atoms with Crippen molar-refractivity contribution in [2.75, 3.05) is 26.2 Å². The molecule has 2 aromatic rings. The molecule has 0 aliphatic carbocycles. The number of benzene rings is 1. The maximum atomic E-state index is 12.8. The fourth-order valence-corrected chi connectivity index (χ4v) is 3.22. The maximum absolute atomic E-state index is 12.8. The first kappa shape index (κ1) is 16.4. The van der Waals surface area contributed by atoms with E-state index >= 15 is 0 Å². The molecule has 0 saturated carbocycles. The number of rotatable bonds is 3. The number of hydrogen-bond donors (Lipinski definition) is 0. The Balaban J connectivity index is 1.53. The van der Waals surface area contributed by atoms with E-state index in [9.17, 15) is 14.0 Å². The molecule has 0 N–H and O–H groups in total. The molecule has 24 heavy (non-hydrogen) atoms. The summed E-state index contributed by atoms with van der Waals surface area (Å²) < 4.78 is 12.8. The Morgan fingerprint density at radius 1 is 1.00 bits per heavy atom. The van der Waals surface area contributed by atoms with Crippen molar-refractivity contribution in [1.29, 1.82) is 0 Å². The van der Waals surface area contributed by atoms with Crippen LogP contribution in [0.4, 0.5) is 4.39 Å². The average molecular weight is 344 g/mol. The summed E-state index contributed by atoms with van der Waals surface area (Å²) in [6.07, 6.45) is 3.16. The fourth-order valence-electron chi connectivity index (χ4n) is 2.53. The molecule has 1 aromatic carbocycles. The number of halogens is 1. The van der Waals surface area contributed by atoms with Gasteiger partial charge in [-0.05, 0) is 35.2 Å². The molecular formula is C18H17FN2O2S. The van der Waals surface area contributed by atoms with E-state index in [-0.39, 0.29) is 17.6 Å². The van der Waals surface area contributed by atoms with Gasteiger partial charge in [0.1, 0.15) is 5.82 Å². The zero-order valence-corrected chi connectivity index (χ0v) is 13.8. The zero-order valence-electron chi connectivity index (χ0n) is 13.0. The second-order valence-electron chi connectivity index (χ2n) is 5.48. The Bertz CT molecular complexity index is 733. The van der Waals surface area contributed by atoms with Crippen molar-refractivity contribution < 1.29 is 14.0 Å². The minimum atomic E-state index is -0.301. The maximum Gasteiger partial charge on any atom is 0.264 e. The molecule has 2 heterocycles. The molecule has 0 unspecified atom stereocenters. The third-order valence-corrected chi connectivity index (χ3v) is 4.76. The van der Waals surface area contributed by atoms with Crippen LogP contribution in [-0.2, 0) is 4.79 Å². The van der Waals surface area contributed by atoms with E-state index in [1.54, 1.807) is 28.0 Å². The van der Waals surface area contributed by atoms with Crippen LogP contribution >= 0.6 is 11.3 Å². The molecule has 1 saturated heterocycles. The minimum Gasteiger partial charge on any atom is -0.336 e. The van der Waals surface area contributed by atoms with Gasteiger partial charge in [-0.15, -0.1) is 11.3 Å². The summed E-state index contributed by atoms with van der Waals surface area (Å²) in [5.41, 5.74) is 0.774. The fraction of sp³-hybridized carbons (Fsp3) is 0.222. The van der Waals surface area contributed by atoms with Crippen LogP contribution < -0.4 is 0 Å². The lowest BCUT2D eigenvalue weighted by molar-refractivity contribution is -0.127. The Kier molecular flexibility index (Phi) is 5.05. The van der Waals surface area contributed by atoms with Crippen molar-refractivity contribution in [2.24, 2.45) is 0 Å². The molecule has 1 aromatic heterocycles. The highest BCUT2D eigenvalue weighted by atomic mass is 32.1. The lowest BCUT2D eigenvalue weighted by Gasteiger charge is -2.34. The predicted octanol–water partition coefficient (Wildman–Crippen LogP) is 2.89. The minimum absolute atomic E-state index is 0.0268. The molecule has 3 rings (SSSR count). The Labute approximate surface area is 143 Å². The molecule has 1 fully saturated rings. The summed E-state index contributed by atoms with van der Waals surface area (Å²) in [7, 11) is 0. The molecule has 0 atom stereocenters. The highest BCUT2D eigenvalue weighted by Gasteiger charge is 2.24. The van der Waals surface area contributed by atoms with Crippen molar-refractivity contribution in [3.63, 3.8) is 0 Å². The largest absolute Gasteiger partial charge is 0.336 e. The van der Waals surface area contributed by atoms with E-state index in [0.29, 0.717) is 26.2 Å². The van der Waals surface area contributed by atoms with Crippen LogP contribution in [0.5, 0.6) is 0 Å².